The number of unbranched alkanes of at least 4 members (excludes halogenated alkanes) is 6. The summed E-state index contributed by atoms with van der Waals surface area (Å²) in [6.07, 6.45) is 9.79. The summed E-state index contributed by atoms with van der Waals surface area (Å²) in [5.41, 5.74) is 2.01. The van der Waals surface area contributed by atoms with Crippen LogP contribution < -0.4 is 0 Å². The van der Waals surface area contributed by atoms with E-state index in [0.29, 0.717) is 0 Å². The van der Waals surface area contributed by atoms with Gasteiger partial charge in [-0.2, -0.15) is 0 Å². The smallest absolute Gasteiger partial charge is 0.345 e. The van der Waals surface area contributed by atoms with Crippen molar-refractivity contribution in [3.63, 3.8) is 0 Å². The van der Waals surface area contributed by atoms with Gasteiger partial charge in [0.1, 0.15) is 5.92 Å². The van der Waals surface area contributed by atoms with E-state index in [1.165, 1.54) is 38.5 Å². The molecule has 0 saturated carbocycles. The first-order chi connectivity index (χ1) is 10.7. The molecule has 1 aromatic rings. The maximum atomic E-state index is 11.7. The zero-order valence-corrected chi connectivity index (χ0v) is 14.5. The lowest BCUT2D eigenvalue weighted by atomic mass is 9.92. The van der Waals surface area contributed by atoms with Crippen LogP contribution in [-0.2, 0) is 15.6 Å². The Morgan fingerprint density at radius 1 is 1.14 bits per heavy atom. The van der Waals surface area contributed by atoms with Crippen molar-refractivity contribution >= 4 is 16.5 Å². The topological polar surface area (TPSA) is 46.5 Å². The van der Waals surface area contributed by atoms with Gasteiger partial charge in [0, 0.05) is 0 Å². The Morgan fingerprint density at radius 2 is 1.77 bits per heavy atom. The van der Waals surface area contributed by atoms with E-state index in [1.54, 1.807) is 0 Å². The molecule has 3 radical (unpaired) electrons. The van der Waals surface area contributed by atoms with Gasteiger partial charge in [0.2, 0.25) is 0 Å². The van der Waals surface area contributed by atoms with Crippen LogP contribution in [0.2, 0.25) is 0 Å². The summed E-state index contributed by atoms with van der Waals surface area (Å²) in [7, 11) is 2.76. The van der Waals surface area contributed by atoms with Crippen LogP contribution in [0.3, 0.4) is 0 Å². The third-order valence-electron chi connectivity index (χ3n) is 4.05. The van der Waals surface area contributed by atoms with Crippen LogP contribution in [0, 0.1) is 0 Å². The normalized spacial score (nSPS) is 12.1. The van der Waals surface area contributed by atoms with E-state index in [0.717, 1.165) is 24.0 Å². The quantitative estimate of drug-likeness (QED) is 0.500. The number of aliphatic hydroxyl groups is 1. The summed E-state index contributed by atoms with van der Waals surface area (Å²) in [5, 5.41) is 9.48. The molecular weight excluding hydrogens is 292 g/mol. The first-order valence-corrected chi connectivity index (χ1v) is 8.71. The number of aliphatic hydroxyl groups excluding tert-OH is 1. The Kier molecular flexibility index (Phi) is 9.83. The molecule has 1 N–H and O–H groups in total. The first kappa shape index (κ1) is 18.9. The van der Waals surface area contributed by atoms with Crippen LogP contribution in [0.4, 0.5) is 0 Å². The lowest BCUT2D eigenvalue weighted by Gasteiger charge is -2.16. The number of aryl methyl sites for hydroxylation is 1. The molecule has 4 heteroatoms. The third-order valence-corrected chi connectivity index (χ3v) is 4.25. The average molecular weight is 319 g/mol. The standard InChI is InChI=1S/C18H27O3Si/c1-2-3-4-5-6-7-8-11-15-12-9-10-13-16(15)17(14-19)18(20)21-22/h9-10,12-13,17,19H,2-8,11,14H2,1H3. The molecule has 0 fully saturated rings. The largest absolute Gasteiger partial charge is 0.516 e. The van der Waals surface area contributed by atoms with E-state index in [9.17, 15) is 9.90 Å². The summed E-state index contributed by atoms with van der Waals surface area (Å²) in [6, 6.07) is 7.82. The van der Waals surface area contributed by atoms with Crippen LogP contribution in [0.25, 0.3) is 0 Å². The van der Waals surface area contributed by atoms with Crippen molar-refractivity contribution in [2.45, 2.75) is 64.2 Å². The van der Waals surface area contributed by atoms with Gasteiger partial charge in [-0.05, 0) is 24.0 Å². The molecule has 1 rings (SSSR count). The highest BCUT2D eigenvalue weighted by molar-refractivity contribution is 6.06. The summed E-state index contributed by atoms with van der Waals surface area (Å²) < 4.78 is 4.60. The van der Waals surface area contributed by atoms with Crippen molar-refractivity contribution in [3.05, 3.63) is 35.4 Å². The molecule has 3 nitrogen and oxygen atoms in total. The second-order valence-corrected chi connectivity index (χ2v) is 5.93. The van der Waals surface area contributed by atoms with Gasteiger partial charge in [-0.15, -0.1) is 0 Å². The number of carbonyl (C=O) groups excluding carboxylic acids is 1. The molecule has 1 aromatic carbocycles. The maximum Gasteiger partial charge on any atom is 0.345 e. The monoisotopic (exact) mass is 319 g/mol. The minimum atomic E-state index is -0.613. The number of benzene rings is 1. The maximum absolute atomic E-state index is 11.7. The summed E-state index contributed by atoms with van der Waals surface area (Å²) in [4.78, 5) is 11.7. The van der Waals surface area contributed by atoms with E-state index in [2.05, 4.69) is 21.8 Å². The van der Waals surface area contributed by atoms with E-state index in [4.69, 9.17) is 0 Å². The highest BCUT2D eigenvalue weighted by atomic mass is 28.2. The minimum absolute atomic E-state index is 0.239. The second kappa shape index (κ2) is 11.4. The van der Waals surface area contributed by atoms with Crippen LogP contribution in [0.5, 0.6) is 0 Å². The molecule has 0 aliphatic carbocycles. The Bertz CT molecular complexity index is 434. The molecule has 1 unspecified atom stereocenters. The van der Waals surface area contributed by atoms with Gasteiger partial charge in [0.05, 0.1) is 6.61 Å². The Hall–Kier alpha value is -1.13. The molecule has 0 aliphatic rings. The molecule has 0 amide bonds. The van der Waals surface area contributed by atoms with Crippen LogP contribution in [0.1, 0.15) is 68.9 Å². The fraction of sp³-hybridized carbons (Fsp3) is 0.611. The van der Waals surface area contributed by atoms with Gasteiger partial charge < -0.3 is 9.53 Å². The molecule has 22 heavy (non-hydrogen) atoms. The predicted molar refractivity (Wildman–Crippen MR) is 89.8 cm³/mol. The zero-order chi connectivity index (χ0) is 16.2. The molecule has 1 atom stereocenters. The lowest BCUT2D eigenvalue weighted by molar-refractivity contribution is -0.136. The zero-order valence-electron chi connectivity index (χ0n) is 13.5. The molecule has 0 spiro atoms. The summed E-state index contributed by atoms with van der Waals surface area (Å²) >= 11 is 0. The SMILES string of the molecule is CCCCCCCCCc1ccccc1C(CO)C(=O)O[Si]. The van der Waals surface area contributed by atoms with Crippen LogP contribution in [0.15, 0.2) is 24.3 Å². The van der Waals surface area contributed by atoms with Crippen molar-refractivity contribution in [2.24, 2.45) is 0 Å². The molecule has 0 aromatic heterocycles. The first-order valence-electron chi connectivity index (χ1n) is 8.30. The fourth-order valence-electron chi connectivity index (χ4n) is 2.75. The Labute approximate surface area is 137 Å². The van der Waals surface area contributed by atoms with Crippen molar-refractivity contribution in [2.75, 3.05) is 6.61 Å². The number of rotatable bonds is 11. The summed E-state index contributed by atoms with van der Waals surface area (Å²) in [5.74, 6) is -1.07. The van der Waals surface area contributed by atoms with Gasteiger partial charge >= 0.3 is 16.5 Å². The van der Waals surface area contributed by atoms with Gasteiger partial charge in [0.15, 0.2) is 0 Å². The predicted octanol–water partition coefficient (Wildman–Crippen LogP) is 3.68. The van der Waals surface area contributed by atoms with Gasteiger partial charge in [-0.3, -0.25) is 4.79 Å². The number of hydrogen-bond donors (Lipinski definition) is 1. The van der Waals surface area contributed by atoms with Gasteiger partial charge in [-0.1, -0.05) is 69.7 Å². The molecule has 0 aliphatic heterocycles. The van der Waals surface area contributed by atoms with Crippen molar-refractivity contribution < 1.29 is 14.3 Å². The minimum Gasteiger partial charge on any atom is -0.516 e. The van der Waals surface area contributed by atoms with Gasteiger partial charge in [0.25, 0.3) is 0 Å². The van der Waals surface area contributed by atoms with Gasteiger partial charge in [-0.25, -0.2) is 0 Å². The third kappa shape index (κ3) is 6.32. The fourth-order valence-corrected chi connectivity index (χ4v) is 2.89. The second-order valence-electron chi connectivity index (χ2n) is 5.73. The van der Waals surface area contributed by atoms with Crippen LogP contribution in [-0.4, -0.2) is 28.2 Å². The van der Waals surface area contributed by atoms with Crippen LogP contribution >= 0.6 is 0 Å². The van der Waals surface area contributed by atoms with E-state index in [1.807, 2.05) is 24.3 Å². The van der Waals surface area contributed by atoms with E-state index in [-0.39, 0.29) is 6.61 Å². The van der Waals surface area contributed by atoms with E-state index >= 15 is 0 Å². The molecule has 121 valence electrons. The van der Waals surface area contributed by atoms with Crippen molar-refractivity contribution in [3.8, 4) is 0 Å². The Morgan fingerprint density at radius 3 is 2.41 bits per heavy atom. The average Bonchev–Trinajstić information content (AvgIpc) is 2.55. The van der Waals surface area contributed by atoms with Crippen molar-refractivity contribution in [1.82, 2.24) is 0 Å². The van der Waals surface area contributed by atoms with E-state index < -0.39 is 11.9 Å². The number of carbonyl (C=O) groups is 1. The highest BCUT2D eigenvalue weighted by Crippen LogP contribution is 2.23. The lowest BCUT2D eigenvalue weighted by Crippen LogP contribution is -2.19. The molecule has 0 saturated heterocycles. The Balaban J connectivity index is 2.51. The summed E-state index contributed by atoms with van der Waals surface area (Å²) in [6.45, 7) is 1.99. The number of hydrogen-bond acceptors (Lipinski definition) is 3. The van der Waals surface area contributed by atoms with Crippen molar-refractivity contribution in [1.29, 1.82) is 0 Å². The molecule has 0 heterocycles. The molecular formula is C18H27O3Si. The molecule has 0 bridgehead atoms. The highest BCUT2D eigenvalue weighted by Gasteiger charge is 2.22.